The third-order valence-electron chi connectivity index (χ3n) is 4.16. The molecule has 2 bridgehead atoms. The predicted octanol–water partition coefficient (Wildman–Crippen LogP) is 2.93. The Kier molecular flexibility index (Phi) is 5.88. The van der Waals surface area contributed by atoms with E-state index in [4.69, 9.17) is 13.3 Å². The van der Waals surface area contributed by atoms with Crippen LogP contribution in [0, 0.1) is 11.8 Å². The Balaban J connectivity index is 0.000000146. The number of rotatable bonds is 4. The molecule has 18 heavy (non-hydrogen) atoms. The fourth-order valence-electron chi connectivity index (χ4n) is 3.11. The zero-order valence-corrected chi connectivity index (χ0v) is 12.8. The summed E-state index contributed by atoms with van der Waals surface area (Å²) in [6.07, 6.45) is 14.5. The third-order valence-corrected chi connectivity index (χ3v) is 5.54. The van der Waals surface area contributed by atoms with Gasteiger partial charge in [0.15, 0.2) is 0 Å². The lowest BCUT2D eigenvalue weighted by molar-refractivity contribution is 0.0895. The summed E-state index contributed by atoms with van der Waals surface area (Å²) in [6.45, 7) is 0. The van der Waals surface area contributed by atoms with E-state index in [-0.39, 0.29) is 0 Å². The van der Waals surface area contributed by atoms with Gasteiger partial charge in [-0.25, -0.2) is 0 Å². The highest BCUT2D eigenvalue weighted by molar-refractivity contribution is 6.36. The molecule has 3 aliphatic rings. The maximum absolute atomic E-state index is 5.60. The SMILES string of the molecule is C1=CC2CCC1C2.CO[SiH](OC)OC1CCCC1. The molecule has 0 amide bonds. The second-order valence-corrected chi connectivity index (χ2v) is 7.31. The van der Waals surface area contributed by atoms with Crippen LogP contribution in [0.15, 0.2) is 12.2 Å². The van der Waals surface area contributed by atoms with Crippen LogP contribution in [0.4, 0.5) is 0 Å². The Labute approximate surface area is 112 Å². The molecule has 0 radical (unpaired) electrons. The molecule has 3 nitrogen and oxygen atoms in total. The van der Waals surface area contributed by atoms with E-state index in [1.807, 2.05) is 0 Å². The molecule has 2 saturated carbocycles. The molecule has 104 valence electrons. The molecule has 0 heterocycles. The average molecular weight is 270 g/mol. The van der Waals surface area contributed by atoms with Gasteiger partial charge in [0.05, 0.1) is 0 Å². The minimum atomic E-state index is -1.75. The Morgan fingerprint density at radius 2 is 1.44 bits per heavy atom. The molecule has 0 aromatic rings. The van der Waals surface area contributed by atoms with E-state index in [2.05, 4.69) is 12.2 Å². The van der Waals surface area contributed by atoms with Gasteiger partial charge in [-0.3, -0.25) is 0 Å². The van der Waals surface area contributed by atoms with Gasteiger partial charge in [0.1, 0.15) is 0 Å². The van der Waals surface area contributed by atoms with Crippen LogP contribution in [-0.2, 0) is 13.3 Å². The molecule has 4 heteroatoms. The largest absolute Gasteiger partial charge is 0.483 e. The van der Waals surface area contributed by atoms with Crippen molar-refractivity contribution in [3.8, 4) is 0 Å². The van der Waals surface area contributed by atoms with Crippen molar-refractivity contribution in [3.05, 3.63) is 12.2 Å². The molecule has 0 aliphatic heterocycles. The first kappa shape index (κ1) is 14.3. The fraction of sp³-hybridized carbons (Fsp3) is 0.857. The zero-order chi connectivity index (χ0) is 12.8. The molecule has 0 N–H and O–H groups in total. The van der Waals surface area contributed by atoms with Crippen LogP contribution in [0.25, 0.3) is 0 Å². The van der Waals surface area contributed by atoms with Gasteiger partial charge < -0.3 is 13.3 Å². The monoisotopic (exact) mass is 270 g/mol. The van der Waals surface area contributed by atoms with Gasteiger partial charge in [-0.15, -0.1) is 0 Å². The Hall–Kier alpha value is -0.163. The van der Waals surface area contributed by atoms with Crippen molar-refractivity contribution >= 4 is 9.53 Å². The summed E-state index contributed by atoms with van der Waals surface area (Å²) in [7, 11) is 1.55. The maximum Gasteiger partial charge on any atom is 0.483 e. The Morgan fingerprint density at radius 3 is 1.78 bits per heavy atom. The standard InChI is InChI=1S/C7H16O3Si.C7H10/c1-8-11(9-2)10-7-5-3-4-6-7;1-2-7-4-3-6(1)5-7/h7,11H,3-6H2,1-2H3;1-2,6-7H,3-5H2. The minimum Gasteiger partial charge on any atom is -0.379 e. The lowest BCUT2D eigenvalue weighted by Gasteiger charge is -2.16. The number of allylic oxidation sites excluding steroid dienone is 2. The first-order chi connectivity index (χ1) is 8.81. The number of hydrogen-bond donors (Lipinski definition) is 0. The Bertz CT molecular complexity index is 248. The zero-order valence-electron chi connectivity index (χ0n) is 11.6. The van der Waals surface area contributed by atoms with Crippen molar-refractivity contribution in [1.82, 2.24) is 0 Å². The number of fused-ring (bicyclic) bond motifs is 2. The van der Waals surface area contributed by atoms with Gasteiger partial charge in [0, 0.05) is 20.3 Å². The predicted molar refractivity (Wildman–Crippen MR) is 74.5 cm³/mol. The molecular weight excluding hydrogens is 244 g/mol. The van der Waals surface area contributed by atoms with Crippen molar-refractivity contribution in [3.63, 3.8) is 0 Å². The summed E-state index contributed by atoms with van der Waals surface area (Å²) < 4.78 is 15.7. The third kappa shape index (κ3) is 4.19. The van der Waals surface area contributed by atoms with Crippen LogP contribution < -0.4 is 0 Å². The van der Waals surface area contributed by atoms with Gasteiger partial charge in [0.2, 0.25) is 0 Å². The van der Waals surface area contributed by atoms with E-state index in [1.165, 1.54) is 44.9 Å². The van der Waals surface area contributed by atoms with Crippen molar-refractivity contribution < 1.29 is 13.3 Å². The highest BCUT2D eigenvalue weighted by Gasteiger charge is 2.25. The highest BCUT2D eigenvalue weighted by Crippen LogP contribution is 2.38. The summed E-state index contributed by atoms with van der Waals surface area (Å²) in [4.78, 5) is 0. The van der Waals surface area contributed by atoms with Gasteiger partial charge in [-0.2, -0.15) is 0 Å². The average Bonchev–Trinajstić information content (AvgIpc) is 3.14. The van der Waals surface area contributed by atoms with Gasteiger partial charge in [-0.1, -0.05) is 25.0 Å². The molecule has 0 spiro atoms. The Morgan fingerprint density at radius 1 is 0.889 bits per heavy atom. The van der Waals surface area contributed by atoms with E-state index in [1.54, 1.807) is 14.2 Å². The topological polar surface area (TPSA) is 27.7 Å². The summed E-state index contributed by atoms with van der Waals surface area (Å²) in [6, 6.07) is 0. The van der Waals surface area contributed by atoms with Crippen molar-refractivity contribution in [1.29, 1.82) is 0 Å². The second kappa shape index (κ2) is 7.43. The van der Waals surface area contributed by atoms with Crippen molar-refractivity contribution in [2.24, 2.45) is 11.8 Å². The molecule has 0 saturated heterocycles. The molecular formula is C14H26O3Si. The highest BCUT2D eigenvalue weighted by atomic mass is 28.3. The maximum atomic E-state index is 5.60. The van der Waals surface area contributed by atoms with Crippen molar-refractivity contribution in [2.75, 3.05) is 14.2 Å². The van der Waals surface area contributed by atoms with Crippen LogP contribution in [0.5, 0.6) is 0 Å². The van der Waals surface area contributed by atoms with Crippen LogP contribution in [0.3, 0.4) is 0 Å². The first-order valence-corrected chi connectivity index (χ1v) is 8.62. The van der Waals surface area contributed by atoms with E-state index in [9.17, 15) is 0 Å². The first-order valence-electron chi connectivity index (χ1n) is 7.21. The van der Waals surface area contributed by atoms with Crippen LogP contribution >= 0.6 is 0 Å². The van der Waals surface area contributed by atoms with E-state index in [0.717, 1.165) is 11.8 Å². The van der Waals surface area contributed by atoms with E-state index >= 15 is 0 Å². The summed E-state index contributed by atoms with van der Waals surface area (Å²) in [5, 5.41) is 0. The van der Waals surface area contributed by atoms with Crippen LogP contribution in [0.1, 0.15) is 44.9 Å². The summed E-state index contributed by atoms with van der Waals surface area (Å²) in [5.41, 5.74) is 0. The molecule has 2 unspecified atom stereocenters. The summed E-state index contributed by atoms with van der Waals surface area (Å²) in [5.74, 6) is 1.98. The molecule has 2 atom stereocenters. The molecule has 0 aromatic heterocycles. The molecule has 0 aromatic carbocycles. The molecule has 3 rings (SSSR count). The minimum absolute atomic E-state index is 0.409. The lowest BCUT2D eigenvalue weighted by Crippen LogP contribution is -2.28. The quantitative estimate of drug-likeness (QED) is 0.581. The summed E-state index contributed by atoms with van der Waals surface area (Å²) >= 11 is 0. The van der Waals surface area contributed by atoms with E-state index < -0.39 is 9.53 Å². The normalized spacial score (nSPS) is 29.9. The van der Waals surface area contributed by atoms with Crippen molar-refractivity contribution in [2.45, 2.75) is 51.0 Å². The van der Waals surface area contributed by atoms with Crippen LogP contribution in [-0.4, -0.2) is 29.9 Å². The van der Waals surface area contributed by atoms with Gasteiger partial charge in [0.25, 0.3) is 0 Å². The molecule has 3 aliphatic carbocycles. The smallest absolute Gasteiger partial charge is 0.379 e. The number of hydrogen-bond acceptors (Lipinski definition) is 3. The van der Waals surface area contributed by atoms with Crippen LogP contribution in [0.2, 0.25) is 0 Å². The fourth-order valence-corrected chi connectivity index (χ4v) is 4.11. The second-order valence-electron chi connectivity index (χ2n) is 5.52. The van der Waals surface area contributed by atoms with Gasteiger partial charge >= 0.3 is 9.53 Å². The van der Waals surface area contributed by atoms with Gasteiger partial charge in [-0.05, 0) is 43.9 Å². The van der Waals surface area contributed by atoms with E-state index in [0.29, 0.717) is 6.10 Å². The lowest BCUT2D eigenvalue weighted by atomic mass is 10.1. The molecule has 2 fully saturated rings.